The largest absolute Gasteiger partial charge is 0.586 e. The molecule has 5 nitrogen and oxygen atoms in total. The van der Waals surface area contributed by atoms with Crippen LogP contribution in [0.3, 0.4) is 0 Å². The molecule has 2 aromatic carbocycles. The number of benzene rings is 2. The second-order valence-corrected chi connectivity index (χ2v) is 5.08. The van der Waals surface area contributed by atoms with Gasteiger partial charge >= 0.3 is 12.3 Å². The van der Waals surface area contributed by atoms with E-state index in [-0.39, 0.29) is 27.6 Å². The van der Waals surface area contributed by atoms with Crippen molar-refractivity contribution in [3.05, 3.63) is 40.9 Å². The van der Waals surface area contributed by atoms with E-state index in [4.69, 9.17) is 21.4 Å². The van der Waals surface area contributed by atoms with Gasteiger partial charge in [-0.1, -0.05) is 17.7 Å². The second kappa shape index (κ2) is 5.27. The van der Waals surface area contributed by atoms with Crippen LogP contribution in [0.2, 0.25) is 5.02 Å². The van der Waals surface area contributed by atoms with Crippen LogP contribution in [0.25, 0.3) is 11.1 Å². The molecule has 1 N–H and O–H groups in total. The summed E-state index contributed by atoms with van der Waals surface area (Å²) in [6.45, 7) is 0. The van der Waals surface area contributed by atoms with E-state index >= 15 is 0 Å². The number of halogens is 3. The first kappa shape index (κ1) is 15.4. The summed E-state index contributed by atoms with van der Waals surface area (Å²) in [6, 6.07) is 6.73. The van der Waals surface area contributed by atoms with Crippen molar-refractivity contribution in [2.45, 2.75) is 6.29 Å². The minimum absolute atomic E-state index is 0.127. The minimum Gasteiger partial charge on any atom is -0.495 e. The lowest BCUT2D eigenvalue weighted by Gasteiger charge is -2.10. The molecule has 0 fully saturated rings. The predicted molar refractivity (Wildman–Crippen MR) is 76.6 cm³/mol. The molecular weight excluding hydrogens is 334 g/mol. The van der Waals surface area contributed by atoms with Crippen LogP contribution in [0.4, 0.5) is 8.78 Å². The van der Waals surface area contributed by atoms with Crippen LogP contribution in [0.1, 0.15) is 10.4 Å². The number of hydrogen-bond donors (Lipinski definition) is 1. The number of alkyl halides is 2. The summed E-state index contributed by atoms with van der Waals surface area (Å²) < 4.78 is 40.5. The first-order chi connectivity index (χ1) is 10.8. The van der Waals surface area contributed by atoms with Crippen molar-refractivity contribution in [3.8, 4) is 28.4 Å². The van der Waals surface area contributed by atoms with Gasteiger partial charge in [-0.2, -0.15) is 0 Å². The number of rotatable bonds is 3. The van der Waals surface area contributed by atoms with Crippen molar-refractivity contribution in [1.82, 2.24) is 0 Å². The Morgan fingerprint density at radius 3 is 2.61 bits per heavy atom. The van der Waals surface area contributed by atoms with E-state index in [0.29, 0.717) is 11.3 Å². The summed E-state index contributed by atoms with van der Waals surface area (Å²) in [5, 5.41) is 9.37. The molecule has 0 bridgehead atoms. The molecule has 3 rings (SSSR count). The van der Waals surface area contributed by atoms with Crippen LogP contribution < -0.4 is 14.2 Å². The standard InChI is InChI=1S/C15H9ClF2O5/c1-21-11-3-2-7(5-10(11)16)9-4-8(14(19)20)6-12-13(9)23-15(17,18)22-12/h2-6H,1H3,(H,19,20). The van der Waals surface area contributed by atoms with Gasteiger partial charge in [-0.25, -0.2) is 4.79 Å². The van der Waals surface area contributed by atoms with Crippen molar-refractivity contribution in [1.29, 1.82) is 0 Å². The fourth-order valence-electron chi connectivity index (χ4n) is 2.22. The lowest BCUT2D eigenvalue weighted by molar-refractivity contribution is -0.286. The molecule has 1 aliphatic rings. The molecule has 0 amide bonds. The molecule has 23 heavy (non-hydrogen) atoms. The van der Waals surface area contributed by atoms with Gasteiger partial charge in [0.25, 0.3) is 0 Å². The fourth-order valence-corrected chi connectivity index (χ4v) is 2.48. The normalized spacial score (nSPS) is 14.6. The van der Waals surface area contributed by atoms with Crippen molar-refractivity contribution in [3.63, 3.8) is 0 Å². The zero-order valence-corrected chi connectivity index (χ0v) is 12.4. The maximum Gasteiger partial charge on any atom is 0.586 e. The fraction of sp³-hybridized carbons (Fsp3) is 0.133. The van der Waals surface area contributed by atoms with Gasteiger partial charge in [0.05, 0.1) is 17.7 Å². The van der Waals surface area contributed by atoms with Crippen LogP contribution in [0.15, 0.2) is 30.3 Å². The molecule has 0 spiro atoms. The third-order valence-electron chi connectivity index (χ3n) is 3.21. The molecule has 0 atom stereocenters. The first-order valence-corrected chi connectivity index (χ1v) is 6.69. The van der Waals surface area contributed by atoms with Gasteiger partial charge in [-0.15, -0.1) is 8.78 Å². The molecule has 8 heteroatoms. The number of carboxylic acids is 1. The van der Waals surface area contributed by atoms with Crippen LogP contribution in [-0.4, -0.2) is 24.5 Å². The quantitative estimate of drug-likeness (QED) is 0.912. The minimum atomic E-state index is -3.86. The zero-order valence-electron chi connectivity index (χ0n) is 11.6. The lowest BCUT2D eigenvalue weighted by Crippen LogP contribution is -2.26. The number of aromatic carboxylic acids is 1. The number of methoxy groups -OCH3 is 1. The Labute approximate surface area is 134 Å². The summed E-state index contributed by atoms with van der Waals surface area (Å²) in [5.41, 5.74) is 0.296. The van der Waals surface area contributed by atoms with Gasteiger partial charge in [0.2, 0.25) is 0 Å². The van der Waals surface area contributed by atoms with Gasteiger partial charge in [-0.3, -0.25) is 0 Å². The number of carboxylic acid groups (broad SMARTS) is 1. The van der Waals surface area contributed by atoms with Gasteiger partial charge in [0.1, 0.15) is 5.75 Å². The third kappa shape index (κ3) is 2.75. The number of fused-ring (bicyclic) bond motifs is 1. The van der Waals surface area contributed by atoms with Crippen molar-refractivity contribution in [2.75, 3.05) is 7.11 Å². The Bertz CT molecular complexity index is 807. The van der Waals surface area contributed by atoms with Crippen LogP contribution in [0, 0.1) is 0 Å². The van der Waals surface area contributed by atoms with Crippen LogP contribution >= 0.6 is 11.6 Å². The SMILES string of the molecule is COc1ccc(-c2cc(C(=O)O)cc3c2OC(F)(F)O3)cc1Cl. The predicted octanol–water partition coefficient (Wildman–Crippen LogP) is 4.04. The summed E-state index contributed by atoms with van der Waals surface area (Å²) in [4.78, 5) is 11.2. The first-order valence-electron chi connectivity index (χ1n) is 6.32. The smallest absolute Gasteiger partial charge is 0.495 e. The Hall–Kier alpha value is -2.54. The molecule has 0 unspecified atom stereocenters. The van der Waals surface area contributed by atoms with Crippen molar-refractivity contribution in [2.24, 2.45) is 0 Å². The van der Waals surface area contributed by atoms with Crippen LogP contribution in [0.5, 0.6) is 17.2 Å². The molecule has 0 aromatic heterocycles. The average Bonchev–Trinajstić information content (AvgIpc) is 2.79. The Balaban J connectivity index is 2.19. The highest BCUT2D eigenvalue weighted by atomic mass is 35.5. The van der Waals surface area contributed by atoms with Crippen molar-refractivity contribution < 1.29 is 32.9 Å². The van der Waals surface area contributed by atoms with E-state index in [2.05, 4.69) is 9.47 Å². The molecule has 0 saturated carbocycles. The van der Waals surface area contributed by atoms with E-state index in [1.54, 1.807) is 6.07 Å². The highest BCUT2D eigenvalue weighted by molar-refractivity contribution is 6.32. The van der Waals surface area contributed by atoms with E-state index in [9.17, 15) is 13.6 Å². The van der Waals surface area contributed by atoms with Crippen molar-refractivity contribution >= 4 is 17.6 Å². The van der Waals surface area contributed by atoms with Gasteiger partial charge in [0.15, 0.2) is 11.5 Å². The molecule has 2 aromatic rings. The van der Waals surface area contributed by atoms with E-state index in [0.717, 1.165) is 6.07 Å². The number of carbonyl (C=O) groups is 1. The maximum atomic E-state index is 13.3. The molecular formula is C15H9ClF2O5. The third-order valence-corrected chi connectivity index (χ3v) is 3.51. The summed E-state index contributed by atoms with van der Waals surface area (Å²) in [6.07, 6.45) is -3.86. The van der Waals surface area contributed by atoms with Gasteiger partial charge < -0.3 is 19.3 Å². The summed E-state index contributed by atoms with van der Waals surface area (Å²) in [5.74, 6) is -1.49. The molecule has 1 heterocycles. The van der Waals surface area contributed by atoms with Gasteiger partial charge in [-0.05, 0) is 29.8 Å². The Kier molecular flexibility index (Phi) is 3.52. The van der Waals surface area contributed by atoms with E-state index in [1.165, 1.54) is 25.3 Å². The topological polar surface area (TPSA) is 65.0 Å². The molecule has 0 saturated heterocycles. The Morgan fingerprint density at radius 1 is 1.26 bits per heavy atom. The summed E-state index contributed by atoms with van der Waals surface area (Å²) >= 11 is 6.03. The molecule has 120 valence electrons. The monoisotopic (exact) mass is 342 g/mol. The van der Waals surface area contributed by atoms with E-state index < -0.39 is 12.3 Å². The second-order valence-electron chi connectivity index (χ2n) is 4.67. The average molecular weight is 343 g/mol. The zero-order chi connectivity index (χ0) is 16.8. The number of hydrogen-bond acceptors (Lipinski definition) is 4. The molecule has 0 radical (unpaired) electrons. The highest BCUT2D eigenvalue weighted by Crippen LogP contribution is 2.48. The maximum absolute atomic E-state index is 13.3. The molecule has 1 aliphatic heterocycles. The molecule has 0 aliphatic carbocycles. The van der Waals surface area contributed by atoms with Crippen LogP contribution in [-0.2, 0) is 0 Å². The summed E-state index contributed by atoms with van der Waals surface area (Å²) in [7, 11) is 1.43. The lowest BCUT2D eigenvalue weighted by atomic mass is 10.0. The highest BCUT2D eigenvalue weighted by Gasteiger charge is 2.45. The van der Waals surface area contributed by atoms with Gasteiger partial charge in [0, 0.05) is 5.56 Å². The van der Waals surface area contributed by atoms with E-state index in [1.807, 2.05) is 0 Å². The number of ether oxygens (including phenoxy) is 3. The Morgan fingerprint density at radius 2 is 2.00 bits per heavy atom.